The smallest absolute Gasteiger partial charge is 0.303 e. The van der Waals surface area contributed by atoms with Crippen molar-refractivity contribution in [1.29, 1.82) is 0 Å². The number of hydrogen-bond acceptors (Lipinski definition) is 14. The monoisotopic (exact) mass is 692 g/mol. The van der Waals surface area contributed by atoms with Gasteiger partial charge < -0.3 is 54.7 Å². The van der Waals surface area contributed by atoms with Crippen LogP contribution in [0.1, 0.15) is 18.1 Å². The molecule has 7 N–H and O–H groups in total. The van der Waals surface area contributed by atoms with Gasteiger partial charge in [0.05, 0.1) is 26.3 Å². The molecule has 1 aliphatic heterocycles. The first-order chi connectivity index (χ1) is 24.1. The quantitative estimate of drug-likeness (QED) is 0.0567. The second-order valence-corrected chi connectivity index (χ2v) is 11.7. The summed E-state index contributed by atoms with van der Waals surface area (Å²) >= 11 is 0. The molecule has 0 unspecified atom stereocenters. The van der Waals surface area contributed by atoms with Gasteiger partial charge in [0.25, 0.3) is 0 Å². The summed E-state index contributed by atoms with van der Waals surface area (Å²) in [7, 11) is 0. The molecule has 0 bridgehead atoms. The number of benzene rings is 4. The number of carbonyl (C=O) groups excluding carboxylic acids is 1. The number of rotatable bonds is 14. The predicted molar refractivity (Wildman–Crippen MR) is 182 cm³/mol. The van der Waals surface area contributed by atoms with Gasteiger partial charge in [-0.3, -0.25) is 14.8 Å². The lowest BCUT2D eigenvalue weighted by atomic mass is 9.99. The molecule has 4 aromatic rings. The van der Waals surface area contributed by atoms with E-state index < -0.39 is 68.4 Å². The number of aliphatic hydroxyl groups excluding tert-OH is 5. The Morgan fingerprint density at radius 2 is 1.34 bits per heavy atom. The van der Waals surface area contributed by atoms with Crippen molar-refractivity contribution in [3.63, 3.8) is 0 Å². The summed E-state index contributed by atoms with van der Waals surface area (Å²) in [4.78, 5) is 20.5. The number of fused-ring (bicyclic) bond motifs is 2. The third kappa shape index (κ3) is 8.61. The van der Waals surface area contributed by atoms with Gasteiger partial charge in [0.1, 0.15) is 42.0 Å². The fourth-order valence-corrected chi connectivity index (χ4v) is 5.74. The molecule has 0 spiro atoms. The summed E-state index contributed by atoms with van der Waals surface area (Å²) in [6.07, 6.45) is -8.69. The first kappa shape index (κ1) is 36.8. The van der Waals surface area contributed by atoms with Crippen molar-refractivity contribution >= 4 is 39.9 Å². The van der Waals surface area contributed by atoms with Crippen LogP contribution in [0.15, 0.2) is 82.8 Å². The maximum absolute atomic E-state index is 11.7. The van der Waals surface area contributed by atoms with Gasteiger partial charge in [-0.1, -0.05) is 48.5 Å². The highest BCUT2D eigenvalue weighted by Crippen LogP contribution is 2.29. The number of phenolic OH excluding ortho intramolecular Hbond substituents is 2. The van der Waals surface area contributed by atoms with Gasteiger partial charge >= 0.3 is 5.97 Å². The molecule has 0 aliphatic carbocycles. The maximum atomic E-state index is 11.7. The molecule has 266 valence electrons. The zero-order chi connectivity index (χ0) is 35.8. The Hall–Kier alpha value is -4.51. The molecular weight excluding hydrogens is 652 g/mol. The van der Waals surface area contributed by atoms with Crippen LogP contribution in [0.5, 0.6) is 11.5 Å². The molecule has 1 saturated heterocycles. The Morgan fingerprint density at radius 3 is 1.86 bits per heavy atom. The first-order valence-corrected chi connectivity index (χ1v) is 15.9. The minimum atomic E-state index is -1.72. The summed E-state index contributed by atoms with van der Waals surface area (Å²) in [5.74, 6) is -0.590. The molecule has 1 aliphatic rings. The van der Waals surface area contributed by atoms with Crippen LogP contribution >= 0.6 is 0 Å². The highest BCUT2D eigenvalue weighted by molar-refractivity contribution is 6.03. The number of aromatic hydroxyl groups is 2. The topological polar surface area (TPSA) is 220 Å². The predicted octanol–water partition coefficient (Wildman–Crippen LogP) is 1.39. The first-order valence-electron chi connectivity index (χ1n) is 15.9. The van der Waals surface area contributed by atoms with Crippen molar-refractivity contribution in [1.82, 2.24) is 0 Å². The number of aliphatic hydroxyl groups is 5. The lowest BCUT2D eigenvalue weighted by molar-refractivity contribution is -0.322. The molecule has 8 atom stereocenters. The van der Waals surface area contributed by atoms with Crippen LogP contribution in [0.4, 0.5) is 0 Å². The molecule has 1 fully saturated rings. The molecule has 0 amide bonds. The molecule has 50 heavy (non-hydrogen) atoms. The van der Waals surface area contributed by atoms with E-state index in [1.54, 1.807) is 36.4 Å². The standard InChI is InChI=1S/C36H40N2O12/c1-20(41)47-35-33(45)31(19-40)50-36(34(35)46)49-29(16-37-14-21-10-12-27(42)25-8-4-2-6-23(21)25)30(18-39)48-32(44)17-38-15-22-11-13-28(43)26-9-5-3-7-24(22)26/h2-15,29-36,39-40,42-46H,16-19H2,1H3/t29-,30+,31-,32-,33+,34+,35+,36-/m0/s1. The van der Waals surface area contributed by atoms with E-state index in [-0.39, 0.29) is 24.6 Å². The van der Waals surface area contributed by atoms with Crippen molar-refractivity contribution < 1.29 is 59.5 Å². The number of ether oxygens (including phenoxy) is 4. The van der Waals surface area contributed by atoms with Gasteiger partial charge in [-0.05, 0) is 35.0 Å². The molecule has 0 radical (unpaired) electrons. The normalized spacial score (nSPS) is 23.0. The molecule has 5 rings (SSSR count). The van der Waals surface area contributed by atoms with Crippen molar-refractivity contribution in [2.45, 2.75) is 56.1 Å². The summed E-state index contributed by atoms with van der Waals surface area (Å²) in [5.41, 5.74) is 1.34. The Morgan fingerprint density at radius 1 is 0.800 bits per heavy atom. The van der Waals surface area contributed by atoms with E-state index in [4.69, 9.17) is 18.9 Å². The average molecular weight is 693 g/mol. The van der Waals surface area contributed by atoms with Crippen molar-refractivity contribution in [2.75, 3.05) is 26.3 Å². The van der Waals surface area contributed by atoms with Crippen LogP contribution in [-0.4, -0.2) is 130 Å². The third-order valence-corrected chi connectivity index (χ3v) is 8.24. The van der Waals surface area contributed by atoms with Crippen LogP contribution in [0.3, 0.4) is 0 Å². The zero-order valence-electron chi connectivity index (χ0n) is 27.1. The van der Waals surface area contributed by atoms with Gasteiger partial charge in [0.2, 0.25) is 0 Å². The Labute approximate surface area is 287 Å². The maximum Gasteiger partial charge on any atom is 0.303 e. The van der Waals surface area contributed by atoms with Crippen LogP contribution in [-0.2, 0) is 23.7 Å². The van der Waals surface area contributed by atoms with E-state index in [0.717, 1.165) is 12.3 Å². The Bertz CT molecular complexity index is 1820. The summed E-state index contributed by atoms with van der Waals surface area (Å²) < 4.78 is 22.5. The molecular formula is C36H40N2O12. The largest absolute Gasteiger partial charge is 0.507 e. The minimum Gasteiger partial charge on any atom is -0.507 e. The summed E-state index contributed by atoms with van der Waals surface area (Å²) in [5, 5.41) is 75.6. The second kappa shape index (κ2) is 16.9. The lowest BCUT2D eigenvalue weighted by Crippen LogP contribution is -2.61. The van der Waals surface area contributed by atoms with Gasteiger partial charge in [-0.2, -0.15) is 0 Å². The van der Waals surface area contributed by atoms with E-state index in [9.17, 15) is 40.5 Å². The third-order valence-electron chi connectivity index (χ3n) is 8.24. The Kier molecular flexibility index (Phi) is 12.5. The highest BCUT2D eigenvalue weighted by atomic mass is 16.7. The van der Waals surface area contributed by atoms with E-state index >= 15 is 0 Å². The fraction of sp³-hybridized carbons (Fsp3) is 0.361. The van der Waals surface area contributed by atoms with E-state index in [1.807, 2.05) is 24.3 Å². The van der Waals surface area contributed by atoms with E-state index in [0.29, 0.717) is 27.3 Å². The SMILES string of the molecule is CC(=O)O[C@H]1[C@@H](O)[C@@H](O[C@@H](CN=Cc2ccc(O)c3ccccc23)[C@@H](CO)O[C@H](O)CN=Cc2ccc(O)c3ccccc23)O[C@@H](CO)[C@H]1O. The number of nitrogens with zero attached hydrogens (tertiary/aromatic N) is 2. The van der Waals surface area contributed by atoms with Gasteiger partial charge in [0, 0.05) is 41.3 Å². The molecule has 14 nitrogen and oxygen atoms in total. The summed E-state index contributed by atoms with van der Waals surface area (Å²) in [6.45, 7) is -0.764. The van der Waals surface area contributed by atoms with Crippen LogP contribution in [0, 0.1) is 0 Å². The van der Waals surface area contributed by atoms with Crippen molar-refractivity contribution in [3.05, 3.63) is 83.9 Å². The molecule has 14 heteroatoms. The zero-order valence-corrected chi connectivity index (χ0v) is 27.1. The van der Waals surface area contributed by atoms with Gasteiger partial charge in [-0.25, -0.2) is 0 Å². The number of esters is 1. The van der Waals surface area contributed by atoms with Crippen molar-refractivity contribution in [2.24, 2.45) is 9.98 Å². The van der Waals surface area contributed by atoms with E-state index in [1.165, 1.54) is 24.6 Å². The highest BCUT2D eigenvalue weighted by Gasteiger charge is 2.48. The minimum absolute atomic E-state index is 0.0920. The number of hydrogen-bond donors (Lipinski definition) is 7. The second-order valence-electron chi connectivity index (χ2n) is 11.7. The average Bonchev–Trinajstić information content (AvgIpc) is 3.11. The lowest BCUT2D eigenvalue weighted by Gasteiger charge is -2.42. The molecule has 4 aromatic carbocycles. The summed E-state index contributed by atoms with van der Waals surface area (Å²) in [6, 6.07) is 20.8. The van der Waals surface area contributed by atoms with Crippen LogP contribution in [0.2, 0.25) is 0 Å². The molecule has 0 saturated carbocycles. The molecule has 0 aromatic heterocycles. The van der Waals surface area contributed by atoms with Crippen LogP contribution in [0.25, 0.3) is 21.5 Å². The van der Waals surface area contributed by atoms with E-state index in [2.05, 4.69) is 9.98 Å². The molecule has 1 heterocycles. The van der Waals surface area contributed by atoms with Crippen molar-refractivity contribution in [3.8, 4) is 11.5 Å². The number of carbonyl (C=O) groups is 1. The van der Waals surface area contributed by atoms with Crippen LogP contribution < -0.4 is 0 Å². The number of phenols is 2. The number of aliphatic imine (C=N–C) groups is 2. The fourth-order valence-electron chi connectivity index (χ4n) is 5.74. The van der Waals surface area contributed by atoms with Gasteiger partial charge in [-0.15, -0.1) is 0 Å². The van der Waals surface area contributed by atoms with Gasteiger partial charge in [0.15, 0.2) is 18.7 Å². The Balaban J connectivity index is 1.36.